The lowest BCUT2D eigenvalue weighted by molar-refractivity contribution is 0.415. The third kappa shape index (κ3) is 2.20. The van der Waals surface area contributed by atoms with Gasteiger partial charge in [-0.2, -0.15) is 14.6 Å². The summed E-state index contributed by atoms with van der Waals surface area (Å²) >= 11 is 0. The highest BCUT2D eigenvalue weighted by Gasteiger charge is 2.05. The van der Waals surface area contributed by atoms with Crippen molar-refractivity contribution in [3.8, 4) is 5.75 Å². The normalized spacial score (nSPS) is 10.6. The van der Waals surface area contributed by atoms with Crippen LogP contribution in [0.5, 0.6) is 5.75 Å². The number of hydrogen-bond donors (Lipinski definition) is 1. The molecule has 0 atom stereocenters. The molecule has 19 heavy (non-hydrogen) atoms. The summed E-state index contributed by atoms with van der Waals surface area (Å²) in [6, 6.07) is 9.60. The summed E-state index contributed by atoms with van der Waals surface area (Å²) in [4.78, 5) is 8.38. The van der Waals surface area contributed by atoms with Gasteiger partial charge in [-0.15, -0.1) is 0 Å². The van der Waals surface area contributed by atoms with Crippen LogP contribution in [-0.4, -0.2) is 26.7 Å². The SMILES string of the molecule is COc1ccc(Nc2cc(C)nc3ncnn23)cc1. The molecule has 96 valence electrons. The molecule has 0 aliphatic carbocycles. The summed E-state index contributed by atoms with van der Waals surface area (Å²) in [5, 5.41) is 7.44. The van der Waals surface area contributed by atoms with Crippen LogP contribution in [0.15, 0.2) is 36.7 Å². The molecule has 6 nitrogen and oxygen atoms in total. The predicted octanol–water partition coefficient (Wildman–Crippen LogP) is 2.18. The minimum Gasteiger partial charge on any atom is -0.497 e. The standard InChI is InChI=1S/C13H13N5O/c1-9-7-12(18-13(16-9)14-8-15-18)17-10-3-5-11(19-2)6-4-10/h3-8,17H,1-2H3. The number of benzene rings is 1. The maximum atomic E-state index is 5.13. The molecule has 0 saturated carbocycles. The van der Waals surface area contributed by atoms with Crippen LogP contribution in [0, 0.1) is 6.92 Å². The number of methoxy groups -OCH3 is 1. The first-order chi connectivity index (χ1) is 9.26. The highest BCUT2D eigenvalue weighted by Crippen LogP contribution is 2.20. The average molecular weight is 255 g/mol. The number of fused-ring (bicyclic) bond motifs is 1. The van der Waals surface area contributed by atoms with Gasteiger partial charge in [0.2, 0.25) is 0 Å². The van der Waals surface area contributed by atoms with Crippen LogP contribution in [0.4, 0.5) is 11.5 Å². The quantitative estimate of drug-likeness (QED) is 0.777. The lowest BCUT2D eigenvalue weighted by atomic mass is 10.3. The van der Waals surface area contributed by atoms with Gasteiger partial charge < -0.3 is 10.1 Å². The number of hydrogen-bond acceptors (Lipinski definition) is 5. The molecule has 0 radical (unpaired) electrons. The zero-order chi connectivity index (χ0) is 13.2. The number of aromatic nitrogens is 4. The zero-order valence-corrected chi connectivity index (χ0v) is 10.7. The maximum absolute atomic E-state index is 5.13. The Balaban J connectivity index is 1.97. The van der Waals surface area contributed by atoms with E-state index in [2.05, 4.69) is 20.4 Å². The van der Waals surface area contributed by atoms with Gasteiger partial charge in [0.15, 0.2) is 0 Å². The van der Waals surface area contributed by atoms with Crippen LogP contribution in [0.2, 0.25) is 0 Å². The Hall–Kier alpha value is -2.63. The molecule has 1 aromatic carbocycles. The lowest BCUT2D eigenvalue weighted by Gasteiger charge is -2.09. The fourth-order valence-corrected chi connectivity index (χ4v) is 1.84. The van der Waals surface area contributed by atoms with Crippen LogP contribution < -0.4 is 10.1 Å². The van der Waals surface area contributed by atoms with Crippen molar-refractivity contribution in [2.75, 3.05) is 12.4 Å². The van der Waals surface area contributed by atoms with Crippen molar-refractivity contribution in [1.82, 2.24) is 19.6 Å². The van der Waals surface area contributed by atoms with Crippen LogP contribution >= 0.6 is 0 Å². The first-order valence-electron chi connectivity index (χ1n) is 5.85. The van der Waals surface area contributed by atoms with Crippen LogP contribution in [0.3, 0.4) is 0 Å². The van der Waals surface area contributed by atoms with Gasteiger partial charge in [-0.3, -0.25) is 0 Å². The van der Waals surface area contributed by atoms with E-state index in [1.54, 1.807) is 11.6 Å². The maximum Gasteiger partial charge on any atom is 0.254 e. The second-order valence-electron chi connectivity index (χ2n) is 4.11. The van der Waals surface area contributed by atoms with Crippen molar-refractivity contribution in [3.05, 3.63) is 42.4 Å². The molecule has 0 amide bonds. The van der Waals surface area contributed by atoms with Crippen molar-refractivity contribution in [3.63, 3.8) is 0 Å². The minimum absolute atomic E-state index is 0.580. The van der Waals surface area contributed by atoms with Crippen LogP contribution in [0.25, 0.3) is 5.78 Å². The Bertz CT molecular complexity index is 705. The number of ether oxygens (including phenoxy) is 1. The van der Waals surface area contributed by atoms with Crippen LogP contribution in [-0.2, 0) is 0 Å². The fraction of sp³-hybridized carbons (Fsp3) is 0.154. The highest BCUT2D eigenvalue weighted by molar-refractivity contribution is 5.59. The summed E-state index contributed by atoms with van der Waals surface area (Å²) in [7, 11) is 1.65. The van der Waals surface area contributed by atoms with Crippen LogP contribution in [0.1, 0.15) is 5.69 Å². The molecule has 2 heterocycles. The fourth-order valence-electron chi connectivity index (χ4n) is 1.84. The molecule has 3 aromatic rings. The monoisotopic (exact) mass is 255 g/mol. The van der Waals surface area contributed by atoms with Crippen molar-refractivity contribution in [2.24, 2.45) is 0 Å². The van der Waals surface area contributed by atoms with Crippen molar-refractivity contribution in [2.45, 2.75) is 6.92 Å². The summed E-state index contributed by atoms with van der Waals surface area (Å²) in [5.41, 5.74) is 1.83. The van der Waals surface area contributed by atoms with Gasteiger partial charge in [0.25, 0.3) is 5.78 Å². The van der Waals surface area contributed by atoms with E-state index in [9.17, 15) is 0 Å². The molecule has 0 aliphatic rings. The Morgan fingerprint density at radius 1 is 1.21 bits per heavy atom. The Labute approximate surface area is 110 Å². The molecule has 0 saturated heterocycles. The van der Waals surface area contributed by atoms with Crippen molar-refractivity contribution < 1.29 is 4.74 Å². The Kier molecular flexibility index (Phi) is 2.75. The summed E-state index contributed by atoms with van der Waals surface area (Å²) in [6.45, 7) is 1.92. The molecule has 1 N–H and O–H groups in total. The van der Waals surface area contributed by atoms with Gasteiger partial charge in [0.05, 0.1) is 7.11 Å². The Morgan fingerprint density at radius 2 is 2.00 bits per heavy atom. The smallest absolute Gasteiger partial charge is 0.254 e. The van der Waals surface area contributed by atoms with Gasteiger partial charge in [-0.05, 0) is 31.2 Å². The van der Waals surface area contributed by atoms with Gasteiger partial charge in [-0.25, -0.2) is 4.98 Å². The molecular formula is C13H13N5O. The minimum atomic E-state index is 0.580. The topological polar surface area (TPSA) is 64.3 Å². The van der Waals surface area contributed by atoms with E-state index in [-0.39, 0.29) is 0 Å². The molecule has 0 unspecified atom stereocenters. The van der Waals surface area contributed by atoms with Gasteiger partial charge in [-0.1, -0.05) is 0 Å². The molecule has 2 aromatic heterocycles. The molecule has 0 bridgehead atoms. The third-order valence-electron chi connectivity index (χ3n) is 2.74. The predicted molar refractivity (Wildman–Crippen MR) is 71.8 cm³/mol. The molecule has 0 fully saturated rings. The summed E-state index contributed by atoms with van der Waals surface area (Å²) in [5.74, 6) is 2.23. The second-order valence-corrected chi connectivity index (χ2v) is 4.11. The van der Waals surface area contributed by atoms with E-state index in [0.717, 1.165) is 22.9 Å². The van der Waals surface area contributed by atoms with E-state index in [4.69, 9.17) is 4.74 Å². The average Bonchev–Trinajstić information content (AvgIpc) is 2.88. The first kappa shape index (κ1) is 11.5. The zero-order valence-electron chi connectivity index (χ0n) is 10.7. The first-order valence-corrected chi connectivity index (χ1v) is 5.85. The van der Waals surface area contributed by atoms with Gasteiger partial charge >= 0.3 is 0 Å². The van der Waals surface area contributed by atoms with Gasteiger partial charge in [0, 0.05) is 17.4 Å². The summed E-state index contributed by atoms with van der Waals surface area (Å²) < 4.78 is 6.79. The largest absolute Gasteiger partial charge is 0.497 e. The molecule has 0 aliphatic heterocycles. The second kappa shape index (κ2) is 4.56. The molecular weight excluding hydrogens is 242 g/mol. The number of rotatable bonds is 3. The van der Waals surface area contributed by atoms with E-state index >= 15 is 0 Å². The van der Waals surface area contributed by atoms with Crippen molar-refractivity contribution in [1.29, 1.82) is 0 Å². The van der Waals surface area contributed by atoms with Crippen molar-refractivity contribution >= 4 is 17.3 Å². The molecule has 0 spiro atoms. The number of nitrogens with one attached hydrogen (secondary N) is 1. The highest BCUT2D eigenvalue weighted by atomic mass is 16.5. The number of aryl methyl sites for hydroxylation is 1. The lowest BCUT2D eigenvalue weighted by Crippen LogP contribution is -2.02. The third-order valence-corrected chi connectivity index (χ3v) is 2.74. The van der Waals surface area contributed by atoms with E-state index in [0.29, 0.717) is 5.78 Å². The van der Waals surface area contributed by atoms with Gasteiger partial charge in [0.1, 0.15) is 17.9 Å². The number of anilines is 2. The Morgan fingerprint density at radius 3 is 2.74 bits per heavy atom. The van der Waals surface area contributed by atoms with E-state index < -0.39 is 0 Å². The van der Waals surface area contributed by atoms with E-state index in [1.165, 1.54) is 6.33 Å². The number of nitrogens with zero attached hydrogens (tertiary/aromatic N) is 4. The van der Waals surface area contributed by atoms with E-state index in [1.807, 2.05) is 37.3 Å². The summed E-state index contributed by atoms with van der Waals surface area (Å²) in [6.07, 6.45) is 1.49. The molecule has 6 heteroatoms. The molecule has 3 rings (SSSR count).